The maximum atomic E-state index is 8.58. The summed E-state index contributed by atoms with van der Waals surface area (Å²) >= 11 is 0. The zero-order valence-corrected chi connectivity index (χ0v) is 5.63. The molecule has 0 aliphatic heterocycles. The van der Waals surface area contributed by atoms with E-state index in [9.17, 15) is 0 Å². The number of aromatic hydroxyl groups is 1. The van der Waals surface area contributed by atoms with E-state index in [1.54, 1.807) is 24.3 Å². The van der Waals surface area contributed by atoms with Crippen LogP contribution in [0, 0.1) is 6.07 Å². The molecule has 0 saturated carbocycles. The average molecular weight is 200 g/mol. The van der Waals surface area contributed by atoms with Gasteiger partial charge in [-0.15, -0.1) is 12.1 Å². The molecule has 0 fully saturated rings. The summed E-state index contributed by atoms with van der Waals surface area (Å²) in [6.45, 7) is 0. The minimum absolute atomic E-state index is 0. The van der Waals surface area contributed by atoms with Gasteiger partial charge in [-0.2, -0.15) is 18.2 Å². The number of para-hydroxylation sites is 1. The summed E-state index contributed by atoms with van der Waals surface area (Å²) in [7, 11) is 0. The van der Waals surface area contributed by atoms with E-state index in [0.29, 0.717) is 0 Å². The first-order chi connectivity index (χ1) is 3.39. The monoisotopic (exact) mass is 199 g/mol. The second kappa shape index (κ2) is 3.66. The molecule has 0 spiro atoms. The van der Waals surface area contributed by atoms with Crippen LogP contribution in [-0.2, 0) is 20.4 Å². The minimum atomic E-state index is 0. The molecule has 1 aromatic carbocycles. The molecule has 0 aromatic heterocycles. The van der Waals surface area contributed by atoms with E-state index in [0.717, 1.165) is 0 Å². The maximum Gasteiger partial charge on any atom is 0.00397 e. The van der Waals surface area contributed by atoms with Crippen molar-refractivity contribution in [3.05, 3.63) is 30.3 Å². The van der Waals surface area contributed by atoms with Crippen molar-refractivity contribution < 1.29 is 25.5 Å². The van der Waals surface area contributed by atoms with Crippen LogP contribution < -0.4 is 0 Å². The van der Waals surface area contributed by atoms with Crippen molar-refractivity contribution in [1.82, 2.24) is 0 Å². The molecule has 0 aliphatic carbocycles. The van der Waals surface area contributed by atoms with Gasteiger partial charge < -0.3 is 5.11 Å². The Kier molecular flexibility index (Phi) is 3.51. The molecule has 46 valence electrons. The SMILES string of the molecule is Oc1[c-]cccc1.[Pd]. The van der Waals surface area contributed by atoms with Crippen LogP contribution >= 0.6 is 0 Å². The molecule has 0 heterocycles. The third-order valence-corrected chi connectivity index (χ3v) is 0.693. The Labute approximate surface area is 62.0 Å². The zero-order valence-electron chi connectivity index (χ0n) is 4.07. The smallest absolute Gasteiger partial charge is 0.00397 e. The van der Waals surface area contributed by atoms with Gasteiger partial charge in [0.2, 0.25) is 0 Å². The Morgan fingerprint density at radius 1 is 1.38 bits per heavy atom. The fourth-order valence-electron chi connectivity index (χ4n) is 0.384. The molecule has 1 N–H and O–H groups in total. The Bertz CT molecular complexity index is 138. The summed E-state index contributed by atoms with van der Waals surface area (Å²) in [4.78, 5) is 0. The molecule has 0 unspecified atom stereocenters. The Morgan fingerprint density at radius 2 is 2.12 bits per heavy atom. The largest absolute Gasteiger partial charge is 0.534 e. The third-order valence-electron chi connectivity index (χ3n) is 0.693. The van der Waals surface area contributed by atoms with Crippen LogP contribution in [0.4, 0.5) is 0 Å². The van der Waals surface area contributed by atoms with E-state index < -0.39 is 0 Å². The van der Waals surface area contributed by atoms with Crippen molar-refractivity contribution in [2.45, 2.75) is 0 Å². The van der Waals surface area contributed by atoms with E-state index in [2.05, 4.69) is 6.07 Å². The zero-order chi connectivity index (χ0) is 5.11. The topological polar surface area (TPSA) is 20.2 Å². The van der Waals surface area contributed by atoms with Gasteiger partial charge in [0, 0.05) is 26.2 Å². The van der Waals surface area contributed by atoms with Crippen LogP contribution in [0.15, 0.2) is 24.3 Å². The average Bonchev–Trinajstić information content (AvgIpc) is 1.69. The van der Waals surface area contributed by atoms with Gasteiger partial charge in [0.15, 0.2) is 0 Å². The fraction of sp³-hybridized carbons (Fsp3) is 0. The van der Waals surface area contributed by atoms with E-state index >= 15 is 0 Å². The standard InChI is InChI=1S/C6H5O.Pd/c7-6-4-2-1-3-5-6;/h1-4,7H;/q-1;. The van der Waals surface area contributed by atoms with Crippen LogP contribution in [0.5, 0.6) is 5.75 Å². The first kappa shape index (κ1) is 7.68. The van der Waals surface area contributed by atoms with Crippen LogP contribution in [0.3, 0.4) is 0 Å². The number of benzene rings is 1. The van der Waals surface area contributed by atoms with Gasteiger partial charge in [0.25, 0.3) is 0 Å². The van der Waals surface area contributed by atoms with E-state index in [1.165, 1.54) is 0 Å². The predicted molar refractivity (Wildman–Crippen MR) is 26.9 cm³/mol. The number of hydrogen-bond acceptors (Lipinski definition) is 1. The summed E-state index contributed by atoms with van der Waals surface area (Å²) in [6, 6.07) is 9.39. The summed E-state index contributed by atoms with van der Waals surface area (Å²) in [5, 5.41) is 8.58. The van der Waals surface area contributed by atoms with E-state index in [4.69, 9.17) is 5.11 Å². The second-order valence-electron chi connectivity index (χ2n) is 1.25. The molecule has 8 heavy (non-hydrogen) atoms. The summed E-state index contributed by atoms with van der Waals surface area (Å²) < 4.78 is 0. The molecule has 1 nitrogen and oxygen atoms in total. The molecule has 2 heteroatoms. The summed E-state index contributed by atoms with van der Waals surface area (Å²) in [6.07, 6.45) is 0. The van der Waals surface area contributed by atoms with Crippen molar-refractivity contribution in [1.29, 1.82) is 0 Å². The number of rotatable bonds is 0. The number of phenols is 1. The Balaban J connectivity index is 0.000000490. The van der Waals surface area contributed by atoms with Crippen molar-refractivity contribution in [2.75, 3.05) is 0 Å². The quantitative estimate of drug-likeness (QED) is 0.492. The summed E-state index contributed by atoms with van der Waals surface area (Å²) in [5.41, 5.74) is 0. The maximum absolute atomic E-state index is 8.58. The Morgan fingerprint density at radius 3 is 2.38 bits per heavy atom. The predicted octanol–water partition coefficient (Wildman–Crippen LogP) is 1.19. The van der Waals surface area contributed by atoms with E-state index in [1.807, 2.05) is 0 Å². The Hall–Kier alpha value is -0.318. The summed E-state index contributed by atoms with van der Waals surface area (Å²) in [5.74, 6) is 0.197. The van der Waals surface area contributed by atoms with Gasteiger partial charge in [-0.1, -0.05) is 0 Å². The first-order valence-corrected chi connectivity index (χ1v) is 2.05. The third kappa shape index (κ3) is 2.11. The molecule has 0 saturated heterocycles. The van der Waals surface area contributed by atoms with Gasteiger partial charge >= 0.3 is 0 Å². The van der Waals surface area contributed by atoms with Crippen molar-refractivity contribution in [2.24, 2.45) is 0 Å². The van der Waals surface area contributed by atoms with Crippen LogP contribution in [0.1, 0.15) is 0 Å². The van der Waals surface area contributed by atoms with Gasteiger partial charge in [-0.3, -0.25) is 0 Å². The number of hydrogen-bond donors (Lipinski definition) is 1. The molecule has 1 rings (SSSR count). The van der Waals surface area contributed by atoms with Crippen molar-refractivity contribution in [3.8, 4) is 5.75 Å². The molecular formula is C6H5OPd-. The first-order valence-electron chi connectivity index (χ1n) is 2.05. The normalized spacial score (nSPS) is 7.50. The molecule has 0 atom stereocenters. The van der Waals surface area contributed by atoms with Gasteiger partial charge in [0.05, 0.1) is 0 Å². The second-order valence-corrected chi connectivity index (χ2v) is 1.25. The molecule has 0 radical (unpaired) electrons. The van der Waals surface area contributed by atoms with Crippen LogP contribution in [0.2, 0.25) is 0 Å². The number of phenolic OH excluding ortho intramolecular Hbond substituents is 1. The van der Waals surface area contributed by atoms with Crippen molar-refractivity contribution >= 4 is 0 Å². The van der Waals surface area contributed by atoms with Crippen LogP contribution in [0.25, 0.3) is 0 Å². The van der Waals surface area contributed by atoms with Gasteiger partial charge in [-0.05, 0) is 0 Å². The molecule has 0 amide bonds. The fourth-order valence-corrected chi connectivity index (χ4v) is 0.384. The molecule has 0 aliphatic rings. The molecule has 0 bridgehead atoms. The van der Waals surface area contributed by atoms with Gasteiger partial charge in [0.1, 0.15) is 0 Å². The minimum Gasteiger partial charge on any atom is -0.534 e. The van der Waals surface area contributed by atoms with Crippen molar-refractivity contribution in [3.63, 3.8) is 0 Å². The van der Waals surface area contributed by atoms with Gasteiger partial charge in [-0.25, -0.2) is 0 Å². The van der Waals surface area contributed by atoms with E-state index in [-0.39, 0.29) is 26.2 Å². The van der Waals surface area contributed by atoms with Crippen LogP contribution in [-0.4, -0.2) is 5.11 Å². The molecular weight excluding hydrogens is 194 g/mol. The molecule has 1 aromatic rings.